The van der Waals surface area contributed by atoms with Gasteiger partial charge < -0.3 is 9.30 Å². The molecule has 0 N–H and O–H groups in total. The molecule has 5 heteroatoms. The lowest BCUT2D eigenvalue weighted by Crippen LogP contribution is -2.31. The number of carbonyl (C=O) groups excluding carboxylic acids is 1. The molecule has 0 unspecified atom stereocenters. The van der Waals surface area contributed by atoms with E-state index in [9.17, 15) is 9.18 Å². The number of imidazole rings is 1. The summed E-state index contributed by atoms with van der Waals surface area (Å²) in [6.45, 7) is 3.17. The largest absolute Gasteiger partial charge is 0.338 e. The fraction of sp³-hybridized carbons (Fsp3) is 0.222. The van der Waals surface area contributed by atoms with Gasteiger partial charge in [0.15, 0.2) is 0 Å². The first-order chi connectivity index (χ1) is 11.2. The highest BCUT2D eigenvalue weighted by molar-refractivity contribution is 5.78. The Morgan fingerprint density at radius 1 is 1.17 bits per heavy atom. The van der Waals surface area contributed by atoms with Gasteiger partial charge in [-0.1, -0.05) is 30.3 Å². The molecular formula is C18H18FN3O. The van der Waals surface area contributed by atoms with E-state index in [2.05, 4.69) is 4.98 Å². The Kier molecular flexibility index (Phi) is 4.37. The Balaban J connectivity index is 1.73. The molecule has 118 valence electrons. The topological polar surface area (TPSA) is 37.6 Å². The van der Waals surface area contributed by atoms with Crippen LogP contribution >= 0.6 is 0 Å². The molecule has 0 saturated carbocycles. The second kappa shape index (κ2) is 6.60. The molecule has 3 rings (SSSR count). The number of hydrogen-bond donors (Lipinski definition) is 0. The van der Waals surface area contributed by atoms with Crippen LogP contribution in [0, 0.1) is 5.82 Å². The van der Waals surface area contributed by atoms with Gasteiger partial charge in [-0.2, -0.15) is 0 Å². The maximum absolute atomic E-state index is 13.2. The van der Waals surface area contributed by atoms with Gasteiger partial charge in [-0.05, 0) is 24.6 Å². The number of carbonyl (C=O) groups is 1. The van der Waals surface area contributed by atoms with E-state index in [0.29, 0.717) is 24.4 Å². The predicted octanol–water partition coefficient (Wildman–Crippen LogP) is 3.06. The lowest BCUT2D eigenvalue weighted by molar-refractivity contribution is -0.130. The van der Waals surface area contributed by atoms with Crippen LogP contribution in [0.3, 0.4) is 0 Å². The minimum absolute atomic E-state index is 0.0141. The Morgan fingerprint density at radius 3 is 2.70 bits per heavy atom. The van der Waals surface area contributed by atoms with Crippen LogP contribution in [0.1, 0.15) is 18.2 Å². The molecule has 0 radical (unpaired) electrons. The zero-order valence-electron chi connectivity index (χ0n) is 12.9. The van der Waals surface area contributed by atoms with E-state index in [0.717, 1.165) is 5.56 Å². The molecule has 0 aliphatic rings. The van der Waals surface area contributed by atoms with Crippen LogP contribution < -0.4 is 0 Å². The molecule has 0 bridgehead atoms. The fourth-order valence-electron chi connectivity index (χ4n) is 2.55. The van der Waals surface area contributed by atoms with Gasteiger partial charge in [0.05, 0.1) is 12.1 Å². The summed E-state index contributed by atoms with van der Waals surface area (Å²) in [4.78, 5) is 18.7. The Bertz CT molecular complexity index is 814. The van der Waals surface area contributed by atoms with Crippen molar-refractivity contribution in [1.29, 1.82) is 0 Å². The van der Waals surface area contributed by atoms with E-state index in [-0.39, 0.29) is 18.1 Å². The first-order valence-electron chi connectivity index (χ1n) is 7.60. The Morgan fingerprint density at radius 2 is 1.96 bits per heavy atom. The molecule has 3 aromatic rings. The highest BCUT2D eigenvalue weighted by Crippen LogP contribution is 2.10. The third kappa shape index (κ3) is 3.56. The second-order valence-electron chi connectivity index (χ2n) is 5.42. The molecule has 1 amide bonds. The van der Waals surface area contributed by atoms with E-state index < -0.39 is 0 Å². The number of amides is 1. The van der Waals surface area contributed by atoms with Crippen molar-refractivity contribution in [2.75, 3.05) is 6.54 Å². The van der Waals surface area contributed by atoms with Gasteiger partial charge in [0.25, 0.3) is 0 Å². The first-order valence-corrected chi connectivity index (χ1v) is 7.60. The number of rotatable bonds is 5. The van der Waals surface area contributed by atoms with E-state index >= 15 is 0 Å². The summed E-state index contributed by atoms with van der Waals surface area (Å²) in [5.41, 5.74) is 2.38. The molecule has 0 spiro atoms. The van der Waals surface area contributed by atoms with Crippen molar-refractivity contribution in [3.8, 4) is 0 Å². The number of aromatic nitrogens is 2. The zero-order chi connectivity index (χ0) is 16.2. The lowest BCUT2D eigenvalue weighted by Gasteiger charge is -2.20. The molecule has 0 aliphatic carbocycles. The number of nitrogens with zero attached hydrogens (tertiary/aromatic N) is 3. The monoisotopic (exact) mass is 311 g/mol. The summed E-state index contributed by atoms with van der Waals surface area (Å²) in [7, 11) is 0. The van der Waals surface area contributed by atoms with Gasteiger partial charge in [-0.25, -0.2) is 9.37 Å². The molecule has 2 heterocycles. The standard InChI is InChI=1S/C18H18FN3O/c1-2-21(11-14-6-4-3-5-7-14)18(23)10-16-13-22-12-15(19)8-9-17(22)20-16/h3-9,12-13H,2,10-11H2,1H3. The van der Waals surface area contributed by atoms with Crippen LogP contribution in [0.15, 0.2) is 54.9 Å². The average Bonchev–Trinajstić information content (AvgIpc) is 2.94. The van der Waals surface area contributed by atoms with Gasteiger partial charge in [0.2, 0.25) is 5.91 Å². The summed E-state index contributed by atoms with van der Waals surface area (Å²) in [6.07, 6.45) is 3.27. The maximum atomic E-state index is 13.2. The fourth-order valence-corrected chi connectivity index (χ4v) is 2.55. The molecule has 4 nitrogen and oxygen atoms in total. The average molecular weight is 311 g/mol. The summed E-state index contributed by atoms with van der Waals surface area (Å²) < 4.78 is 14.8. The van der Waals surface area contributed by atoms with E-state index in [1.165, 1.54) is 12.3 Å². The number of benzene rings is 1. The predicted molar refractivity (Wildman–Crippen MR) is 86.4 cm³/mol. The zero-order valence-corrected chi connectivity index (χ0v) is 12.9. The van der Waals surface area contributed by atoms with Gasteiger partial charge in [0.1, 0.15) is 11.5 Å². The molecule has 2 aromatic heterocycles. The van der Waals surface area contributed by atoms with Crippen LogP contribution in [0.5, 0.6) is 0 Å². The second-order valence-corrected chi connectivity index (χ2v) is 5.42. The number of hydrogen-bond acceptors (Lipinski definition) is 2. The third-order valence-electron chi connectivity index (χ3n) is 3.75. The van der Waals surface area contributed by atoms with Crippen molar-refractivity contribution in [3.63, 3.8) is 0 Å². The van der Waals surface area contributed by atoms with Gasteiger partial charge >= 0.3 is 0 Å². The molecule has 1 aromatic carbocycles. The van der Waals surface area contributed by atoms with Crippen LogP contribution in [0.25, 0.3) is 5.65 Å². The molecule has 0 saturated heterocycles. The Hall–Kier alpha value is -2.69. The smallest absolute Gasteiger partial charge is 0.228 e. The van der Waals surface area contributed by atoms with Crippen molar-refractivity contribution in [2.45, 2.75) is 19.9 Å². The van der Waals surface area contributed by atoms with Crippen molar-refractivity contribution < 1.29 is 9.18 Å². The number of halogens is 1. The third-order valence-corrected chi connectivity index (χ3v) is 3.75. The van der Waals surface area contributed by atoms with Crippen molar-refractivity contribution in [1.82, 2.24) is 14.3 Å². The molecule has 0 aliphatic heterocycles. The van der Waals surface area contributed by atoms with Crippen LogP contribution in [0.2, 0.25) is 0 Å². The SMILES string of the molecule is CCN(Cc1ccccc1)C(=O)Cc1cn2cc(F)ccc2n1. The summed E-state index contributed by atoms with van der Waals surface area (Å²) in [6, 6.07) is 12.9. The maximum Gasteiger partial charge on any atom is 0.228 e. The van der Waals surface area contributed by atoms with Crippen molar-refractivity contribution in [2.24, 2.45) is 0 Å². The highest BCUT2D eigenvalue weighted by atomic mass is 19.1. The van der Waals surface area contributed by atoms with Crippen LogP contribution in [-0.2, 0) is 17.8 Å². The number of likely N-dealkylation sites (N-methyl/N-ethyl adjacent to an activating group) is 1. The summed E-state index contributed by atoms with van der Waals surface area (Å²) >= 11 is 0. The van der Waals surface area contributed by atoms with Gasteiger partial charge in [0, 0.05) is 25.5 Å². The van der Waals surface area contributed by atoms with E-state index in [4.69, 9.17) is 0 Å². The number of pyridine rings is 1. The van der Waals surface area contributed by atoms with Gasteiger partial charge in [-0.15, -0.1) is 0 Å². The number of fused-ring (bicyclic) bond motifs is 1. The minimum Gasteiger partial charge on any atom is -0.338 e. The summed E-state index contributed by atoms with van der Waals surface area (Å²) in [5, 5.41) is 0. The van der Waals surface area contributed by atoms with Crippen molar-refractivity contribution in [3.05, 3.63) is 71.9 Å². The van der Waals surface area contributed by atoms with Crippen LogP contribution in [0.4, 0.5) is 4.39 Å². The van der Waals surface area contributed by atoms with E-state index in [1.54, 1.807) is 21.6 Å². The minimum atomic E-state index is -0.327. The molecule has 0 atom stereocenters. The Labute approximate surface area is 134 Å². The van der Waals surface area contributed by atoms with E-state index in [1.807, 2.05) is 37.3 Å². The molecular weight excluding hydrogens is 293 g/mol. The normalized spacial score (nSPS) is 10.9. The van der Waals surface area contributed by atoms with Crippen LogP contribution in [-0.4, -0.2) is 26.7 Å². The van der Waals surface area contributed by atoms with Crippen molar-refractivity contribution >= 4 is 11.6 Å². The molecule has 23 heavy (non-hydrogen) atoms. The molecule has 0 fully saturated rings. The lowest BCUT2D eigenvalue weighted by atomic mass is 10.2. The summed E-state index contributed by atoms with van der Waals surface area (Å²) in [5.74, 6) is -0.313. The first kappa shape index (κ1) is 15.2. The van der Waals surface area contributed by atoms with Gasteiger partial charge in [-0.3, -0.25) is 4.79 Å². The highest BCUT2D eigenvalue weighted by Gasteiger charge is 2.15. The quantitative estimate of drug-likeness (QED) is 0.726.